The minimum absolute atomic E-state index is 0.150. The standard InChI is InChI=1S/C15H23NO2/c1-11-5-6-15(13(8-11)9-12(2)16)18-10-14-4-3-7-17-14/h5-6,8,12,14H,3-4,7,9-10,16H2,1-2H3. The maximum atomic E-state index is 5.90. The van der Waals surface area contributed by atoms with E-state index in [2.05, 4.69) is 19.1 Å². The van der Waals surface area contributed by atoms with Crippen LogP contribution in [0.1, 0.15) is 30.9 Å². The molecule has 2 atom stereocenters. The third-order valence-corrected chi connectivity index (χ3v) is 3.21. The first-order valence-corrected chi connectivity index (χ1v) is 6.74. The molecule has 3 nitrogen and oxygen atoms in total. The Morgan fingerprint density at radius 1 is 1.50 bits per heavy atom. The van der Waals surface area contributed by atoms with E-state index in [1.807, 2.05) is 13.0 Å². The molecule has 0 radical (unpaired) electrons. The lowest BCUT2D eigenvalue weighted by molar-refractivity contribution is 0.0676. The summed E-state index contributed by atoms with van der Waals surface area (Å²) in [5.74, 6) is 0.952. The van der Waals surface area contributed by atoms with Gasteiger partial charge in [0, 0.05) is 12.6 Å². The van der Waals surface area contributed by atoms with E-state index in [1.54, 1.807) is 0 Å². The lowest BCUT2D eigenvalue weighted by atomic mass is 10.0. The van der Waals surface area contributed by atoms with E-state index in [0.29, 0.717) is 6.61 Å². The van der Waals surface area contributed by atoms with E-state index in [1.165, 1.54) is 11.1 Å². The SMILES string of the molecule is Cc1ccc(OCC2CCCO2)c(CC(C)N)c1. The fourth-order valence-corrected chi connectivity index (χ4v) is 2.31. The number of benzene rings is 1. The molecule has 0 spiro atoms. The maximum Gasteiger partial charge on any atom is 0.122 e. The van der Waals surface area contributed by atoms with Crippen molar-refractivity contribution in [3.63, 3.8) is 0 Å². The molecule has 2 unspecified atom stereocenters. The van der Waals surface area contributed by atoms with E-state index in [0.717, 1.165) is 31.6 Å². The molecule has 100 valence electrons. The number of ether oxygens (including phenoxy) is 2. The van der Waals surface area contributed by atoms with Crippen LogP contribution in [-0.4, -0.2) is 25.4 Å². The van der Waals surface area contributed by atoms with Gasteiger partial charge in [-0.2, -0.15) is 0 Å². The van der Waals surface area contributed by atoms with Crippen LogP contribution in [0.4, 0.5) is 0 Å². The summed E-state index contributed by atoms with van der Waals surface area (Å²) in [6.45, 7) is 5.63. The number of rotatable bonds is 5. The number of hydrogen-bond donors (Lipinski definition) is 1. The average Bonchev–Trinajstić information content (AvgIpc) is 2.80. The van der Waals surface area contributed by atoms with Gasteiger partial charge < -0.3 is 15.2 Å². The predicted molar refractivity (Wildman–Crippen MR) is 73.0 cm³/mol. The summed E-state index contributed by atoms with van der Waals surface area (Å²) in [6, 6.07) is 6.43. The molecule has 0 aromatic heterocycles. The molecular formula is C15H23NO2. The van der Waals surface area contributed by atoms with Crippen LogP contribution >= 0.6 is 0 Å². The molecule has 0 bridgehead atoms. The quantitative estimate of drug-likeness (QED) is 0.871. The minimum atomic E-state index is 0.150. The lowest BCUT2D eigenvalue weighted by Gasteiger charge is -2.16. The van der Waals surface area contributed by atoms with Gasteiger partial charge in [-0.05, 0) is 44.7 Å². The Balaban J connectivity index is 2.00. The molecule has 1 aromatic rings. The highest BCUT2D eigenvalue weighted by atomic mass is 16.5. The van der Waals surface area contributed by atoms with Gasteiger partial charge in [0.15, 0.2) is 0 Å². The minimum Gasteiger partial charge on any atom is -0.491 e. The molecule has 1 aromatic carbocycles. The van der Waals surface area contributed by atoms with Crippen LogP contribution in [0.25, 0.3) is 0 Å². The molecule has 3 heteroatoms. The molecule has 0 saturated carbocycles. The molecule has 1 aliphatic rings. The smallest absolute Gasteiger partial charge is 0.122 e. The highest BCUT2D eigenvalue weighted by Gasteiger charge is 2.17. The van der Waals surface area contributed by atoms with Gasteiger partial charge in [-0.1, -0.05) is 17.7 Å². The van der Waals surface area contributed by atoms with Crippen molar-refractivity contribution in [3.05, 3.63) is 29.3 Å². The third kappa shape index (κ3) is 3.72. The molecule has 1 saturated heterocycles. The first-order chi connectivity index (χ1) is 8.65. The second-order valence-electron chi connectivity index (χ2n) is 5.24. The average molecular weight is 249 g/mol. The number of hydrogen-bond acceptors (Lipinski definition) is 3. The van der Waals surface area contributed by atoms with Gasteiger partial charge >= 0.3 is 0 Å². The van der Waals surface area contributed by atoms with Gasteiger partial charge in [0.05, 0.1) is 6.10 Å². The Labute approximate surface area is 109 Å². The van der Waals surface area contributed by atoms with Crippen molar-refractivity contribution in [1.29, 1.82) is 0 Å². The van der Waals surface area contributed by atoms with Crippen molar-refractivity contribution >= 4 is 0 Å². The fourth-order valence-electron chi connectivity index (χ4n) is 2.31. The predicted octanol–water partition coefficient (Wildman–Crippen LogP) is 2.44. The molecule has 1 heterocycles. The van der Waals surface area contributed by atoms with Crippen LogP contribution in [-0.2, 0) is 11.2 Å². The van der Waals surface area contributed by atoms with Gasteiger partial charge in [-0.15, -0.1) is 0 Å². The van der Waals surface area contributed by atoms with Crippen molar-refractivity contribution in [2.75, 3.05) is 13.2 Å². The van der Waals surface area contributed by atoms with Crippen LogP contribution in [0.3, 0.4) is 0 Å². The van der Waals surface area contributed by atoms with E-state index in [-0.39, 0.29) is 12.1 Å². The van der Waals surface area contributed by atoms with Crippen LogP contribution < -0.4 is 10.5 Å². The van der Waals surface area contributed by atoms with Crippen molar-refractivity contribution < 1.29 is 9.47 Å². The lowest BCUT2D eigenvalue weighted by Crippen LogP contribution is -2.20. The Morgan fingerprint density at radius 3 is 3.00 bits per heavy atom. The number of aryl methyl sites for hydroxylation is 1. The zero-order valence-electron chi connectivity index (χ0n) is 11.3. The van der Waals surface area contributed by atoms with Crippen molar-refractivity contribution in [1.82, 2.24) is 0 Å². The summed E-state index contributed by atoms with van der Waals surface area (Å²) in [5.41, 5.74) is 8.32. The molecule has 18 heavy (non-hydrogen) atoms. The summed E-state index contributed by atoms with van der Waals surface area (Å²) >= 11 is 0. The first-order valence-electron chi connectivity index (χ1n) is 6.74. The van der Waals surface area contributed by atoms with Crippen LogP contribution in [0.2, 0.25) is 0 Å². The Bertz CT molecular complexity index is 384. The summed E-state index contributed by atoms with van der Waals surface area (Å²) in [7, 11) is 0. The zero-order valence-corrected chi connectivity index (χ0v) is 11.3. The summed E-state index contributed by atoms with van der Waals surface area (Å²) in [6.07, 6.45) is 3.36. The van der Waals surface area contributed by atoms with Gasteiger partial charge in [-0.25, -0.2) is 0 Å². The number of nitrogens with two attached hydrogens (primary N) is 1. The molecule has 2 rings (SSSR count). The molecule has 2 N–H and O–H groups in total. The Hall–Kier alpha value is -1.06. The van der Waals surface area contributed by atoms with Crippen LogP contribution in [0.5, 0.6) is 5.75 Å². The second-order valence-corrected chi connectivity index (χ2v) is 5.24. The highest BCUT2D eigenvalue weighted by Crippen LogP contribution is 2.23. The normalized spacial score (nSPS) is 20.9. The van der Waals surface area contributed by atoms with Crippen LogP contribution in [0.15, 0.2) is 18.2 Å². The van der Waals surface area contributed by atoms with Gasteiger partial charge in [0.25, 0.3) is 0 Å². The fraction of sp³-hybridized carbons (Fsp3) is 0.600. The van der Waals surface area contributed by atoms with Gasteiger partial charge in [-0.3, -0.25) is 0 Å². The molecule has 1 aliphatic heterocycles. The van der Waals surface area contributed by atoms with Crippen LogP contribution in [0, 0.1) is 6.92 Å². The van der Waals surface area contributed by atoms with Crippen molar-refractivity contribution in [2.45, 2.75) is 45.3 Å². The monoisotopic (exact) mass is 249 g/mol. The highest BCUT2D eigenvalue weighted by molar-refractivity contribution is 5.37. The first kappa shape index (κ1) is 13.4. The van der Waals surface area contributed by atoms with Gasteiger partial charge in [0.1, 0.15) is 12.4 Å². The second kappa shape index (κ2) is 6.21. The summed E-state index contributed by atoms with van der Waals surface area (Å²) in [5, 5.41) is 0. The molecule has 0 amide bonds. The molecule has 1 fully saturated rings. The van der Waals surface area contributed by atoms with E-state index in [4.69, 9.17) is 15.2 Å². The Morgan fingerprint density at radius 2 is 2.33 bits per heavy atom. The topological polar surface area (TPSA) is 44.5 Å². The Kier molecular flexibility index (Phi) is 4.61. The largest absolute Gasteiger partial charge is 0.491 e. The van der Waals surface area contributed by atoms with E-state index < -0.39 is 0 Å². The van der Waals surface area contributed by atoms with E-state index >= 15 is 0 Å². The zero-order chi connectivity index (χ0) is 13.0. The molecule has 0 aliphatic carbocycles. The van der Waals surface area contributed by atoms with Crippen molar-refractivity contribution in [3.8, 4) is 5.75 Å². The van der Waals surface area contributed by atoms with E-state index in [9.17, 15) is 0 Å². The van der Waals surface area contributed by atoms with Crippen molar-refractivity contribution in [2.24, 2.45) is 5.73 Å². The third-order valence-electron chi connectivity index (χ3n) is 3.21. The van der Waals surface area contributed by atoms with Gasteiger partial charge in [0.2, 0.25) is 0 Å². The molecular weight excluding hydrogens is 226 g/mol. The summed E-state index contributed by atoms with van der Waals surface area (Å²) in [4.78, 5) is 0. The summed E-state index contributed by atoms with van der Waals surface area (Å²) < 4.78 is 11.5. The maximum absolute atomic E-state index is 5.90.